The lowest BCUT2D eigenvalue weighted by Gasteiger charge is -2.11. The van der Waals surface area contributed by atoms with Gasteiger partial charge in [0.1, 0.15) is 0 Å². The lowest BCUT2D eigenvalue weighted by molar-refractivity contribution is -0.387. The first-order chi connectivity index (χ1) is 14.6. The number of nitrogens with zero attached hydrogens (tertiary/aromatic N) is 1. The summed E-state index contributed by atoms with van der Waals surface area (Å²) in [6, 6.07) is 10.1. The molecule has 1 atom stereocenters. The first-order valence-electron chi connectivity index (χ1n) is 9.02. The molecule has 0 unspecified atom stereocenters. The molecule has 1 saturated heterocycles. The number of rotatable bonds is 7. The van der Waals surface area contributed by atoms with Crippen LogP contribution in [-0.4, -0.2) is 49.4 Å². The normalized spacial score (nSPS) is 17.1. The monoisotopic (exact) mass is 484 g/mol. The molecule has 2 aromatic rings. The van der Waals surface area contributed by atoms with Crippen LogP contribution >= 0.6 is 23.4 Å². The first kappa shape index (κ1) is 23.0. The highest BCUT2D eigenvalue weighted by molar-refractivity contribution is 7.99. The number of amides is 1. The fourth-order valence-corrected chi connectivity index (χ4v) is 5.60. The summed E-state index contributed by atoms with van der Waals surface area (Å²) in [6.07, 6.45) is 0.307. The van der Waals surface area contributed by atoms with Crippen LogP contribution in [0.15, 0.2) is 52.3 Å². The van der Waals surface area contributed by atoms with E-state index in [9.17, 15) is 28.1 Å². The molecule has 1 fully saturated rings. The number of nitrogens with one attached hydrogen (secondary N) is 1. The summed E-state index contributed by atoms with van der Waals surface area (Å²) < 4.78 is 27.8. The highest BCUT2D eigenvalue weighted by Crippen LogP contribution is 2.35. The summed E-state index contributed by atoms with van der Waals surface area (Å²) >= 11 is 6.98. The second-order valence-corrected chi connectivity index (χ2v) is 10.5. The minimum Gasteiger partial charge on any atom is -0.452 e. The largest absolute Gasteiger partial charge is 0.452 e. The number of carbonyl (C=O) groups is 2. The number of nitro benzene ring substituents is 1. The molecule has 0 saturated carbocycles. The van der Waals surface area contributed by atoms with Gasteiger partial charge in [-0.1, -0.05) is 23.4 Å². The van der Waals surface area contributed by atoms with Crippen LogP contribution in [0.5, 0.6) is 0 Å². The van der Waals surface area contributed by atoms with Crippen LogP contribution in [0.25, 0.3) is 0 Å². The molecule has 9 nitrogen and oxygen atoms in total. The fourth-order valence-electron chi connectivity index (χ4n) is 2.90. The summed E-state index contributed by atoms with van der Waals surface area (Å²) in [5.41, 5.74) is -0.363. The Labute approximate surface area is 187 Å². The van der Waals surface area contributed by atoms with E-state index in [0.29, 0.717) is 16.3 Å². The second kappa shape index (κ2) is 9.67. The van der Waals surface area contributed by atoms with Crippen LogP contribution in [0, 0.1) is 10.1 Å². The number of hydrogen-bond acceptors (Lipinski definition) is 8. The third kappa shape index (κ3) is 6.42. The van der Waals surface area contributed by atoms with Crippen LogP contribution < -0.4 is 5.32 Å². The molecular weight excluding hydrogens is 468 g/mol. The molecule has 1 N–H and O–H groups in total. The Bertz CT molecular complexity index is 1120. The van der Waals surface area contributed by atoms with Gasteiger partial charge >= 0.3 is 5.97 Å². The van der Waals surface area contributed by atoms with E-state index in [1.165, 1.54) is 12.1 Å². The number of esters is 1. The van der Waals surface area contributed by atoms with Crippen LogP contribution in [-0.2, 0) is 19.4 Å². The number of benzene rings is 2. The van der Waals surface area contributed by atoms with E-state index in [2.05, 4.69) is 5.32 Å². The third-order valence-corrected chi connectivity index (χ3v) is 7.46. The Morgan fingerprint density at radius 2 is 1.94 bits per heavy atom. The van der Waals surface area contributed by atoms with Gasteiger partial charge in [0.15, 0.2) is 16.4 Å². The van der Waals surface area contributed by atoms with Crippen LogP contribution in [0.3, 0.4) is 0 Å². The third-order valence-electron chi connectivity index (χ3n) is 4.36. The average molecular weight is 485 g/mol. The quantitative estimate of drug-likeness (QED) is 0.360. The van der Waals surface area contributed by atoms with E-state index in [-0.39, 0.29) is 22.8 Å². The Morgan fingerprint density at radius 3 is 2.55 bits per heavy atom. The number of halogens is 1. The maximum absolute atomic E-state index is 12.2. The predicted molar refractivity (Wildman–Crippen MR) is 114 cm³/mol. The van der Waals surface area contributed by atoms with Crippen molar-refractivity contribution in [3.63, 3.8) is 0 Å². The molecule has 0 aromatic heterocycles. The molecule has 1 amide bonds. The van der Waals surface area contributed by atoms with Crippen molar-refractivity contribution in [2.45, 2.75) is 22.3 Å². The molecule has 0 bridgehead atoms. The predicted octanol–water partition coefficient (Wildman–Crippen LogP) is 2.86. The van der Waals surface area contributed by atoms with Crippen LogP contribution in [0.1, 0.15) is 16.8 Å². The standard InChI is InChI=1S/C19H17ClN2O7S2/c20-13-2-4-15(5-3-13)30-17-6-1-12(9-16(17)22(25)26)19(24)29-10-18(23)21-14-7-8-31(27,28)11-14/h1-6,9,14H,7-8,10-11H2,(H,21,23)/t14-/m1/s1. The lowest BCUT2D eigenvalue weighted by atomic mass is 10.2. The van der Waals surface area contributed by atoms with Crippen molar-refractivity contribution in [1.29, 1.82) is 0 Å². The summed E-state index contributed by atoms with van der Waals surface area (Å²) in [5, 5.41) is 14.5. The Morgan fingerprint density at radius 1 is 1.23 bits per heavy atom. The van der Waals surface area contributed by atoms with Gasteiger partial charge in [-0.2, -0.15) is 0 Å². The SMILES string of the molecule is O=C(COC(=O)c1ccc(Sc2ccc(Cl)cc2)c([N+](=O)[O-])c1)N[C@@H]1CCS(=O)(=O)C1. The molecule has 2 aromatic carbocycles. The molecule has 1 heterocycles. The zero-order valence-electron chi connectivity index (χ0n) is 15.9. The zero-order chi connectivity index (χ0) is 22.6. The van der Waals surface area contributed by atoms with Crippen LogP contribution in [0.2, 0.25) is 5.02 Å². The summed E-state index contributed by atoms with van der Waals surface area (Å²) in [6.45, 7) is -0.621. The van der Waals surface area contributed by atoms with Gasteiger partial charge < -0.3 is 10.1 Å². The molecule has 12 heteroatoms. The highest BCUT2D eigenvalue weighted by atomic mass is 35.5. The molecule has 1 aliphatic rings. The van der Waals surface area contributed by atoms with Gasteiger partial charge in [0.25, 0.3) is 11.6 Å². The van der Waals surface area contributed by atoms with E-state index in [1.807, 2.05) is 0 Å². The van der Waals surface area contributed by atoms with Gasteiger partial charge in [-0.05, 0) is 42.8 Å². The highest BCUT2D eigenvalue weighted by Gasteiger charge is 2.29. The molecule has 0 spiro atoms. The molecule has 31 heavy (non-hydrogen) atoms. The fraction of sp³-hybridized carbons (Fsp3) is 0.263. The maximum Gasteiger partial charge on any atom is 0.338 e. The van der Waals surface area contributed by atoms with Gasteiger partial charge in [-0.3, -0.25) is 14.9 Å². The van der Waals surface area contributed by atoms with Crippen molar-refractivity contribution in [3.8, 4) is 0 Å². The molecule has 0 radical (unpaired) electrons. The van der Waals surface area contributed by atoms with Gasteiger partial charge in [-0.25, -0.2) is 13.2 Å². The van der Waals surface area contributed by atoms with Crippen molar-refractivity contribution in [2.24, 2.45) is 0 Å². The number of ether oxygens (including phenoxy) is 1. The van der Waals surface area contributed by atoms with E-state index >= 15 is 0 Å². The van der Waals surface area contributed by atoms with E-state index in [4.69, 9.17) is 16.3 Å². The smallest absolute Gasteiger partial charge is 0.338 e. The molecule has 0 aliphatic carbocycles. The number of hydrogen-bond donors (Lipinski definition) is 1. The van der Waals surface area contributed by atoms with Gasteiger partial charge in [0.2, 0.25) is 0 Å². The Balaban J connectivity index is 1.63. The first-order valence-corrected chi connectivity index (χ1v) is 12.0. The van der Waals surface area contributed by atoms with Crippen molar-refractivity contribution in [1.82, 2.24) is 5.32 Å². The zero-order valence-corrected chi connectivity index (χ0v) is 18.3. The molecule has 164 valence electrons. The summed E-state index contributed by atoms with van der Waals surface area (Å²) in [7, 11) is -3.15. The molecule has 1 aliphatic heterocycles. The number of carbonyl (C=O) groups excluding carboxylic acids is 2. The molecule has 3 rings (SSSR count). The summed E-state index contributed by atoms with van der Waals surface area (Å²) in [5.74, 6) is -1.69. The van der Waals surface area contributed by atoms with Gasteiger partial charge in [0.05, 0.1) is 26.9 Å². The van der Waals surface area contributed by atoms with Gasteiger partial charge in [0, 0.05) is 22.0 Å². The summed E-state index contributed by atoms with van der Waals surface area (Å²) in [4.78, 5) is 36.0. The van der Waals surface area contributed by atoms with Crippen LogP contribution in [0.4, 0.5) is 5.69 Å². The van der Waals surface area contributed by atoms with Crippen molar-refractivity contribution in [2.75, 3.05) is 18.1 Å². The van der Waals surface area contributed by atoms with Crippen molar-refractivity contribution >= 4 is 50.8 Å². The second-order valence-electron chi connectivity index (χ2n) is 6.74. The minimum absolute atomic E-state index is 0.00177. The number of nitro groups is 1. The van der Waals surface area contributed by atoms with E-state index in [1.54, 1.807) is 24.3 Å². The lowest BCUT2D eigenvalue weighted by Crippen LogP contribution is -2.38. The van der Waals surface area contributed by atoms with Crippen molar-refractivity contribution in [3.05, 3.63) is 63.2 Å². The Hall–Kier alpha value is -2.63. The minimum atomic E-state index is -3.15. The number of sulfone groups is 1. The molecular formula is C19H17ClN2O7S2. The Kier molecular flexibility index (Phi) is 7.19. The van der Waals surface area contributed by atoms with E-state index in [0.717, 1.165) is 22.7 Å². The average Bonchev–Trinajstić information content (AvgIpc) is 3.06. The maximum atomic E-state index is 12.2. The van der Waals surface area contributed by atoms with Crippen molar-refractivity contribution < 1.29 is 27.7 Å². The van der Waals surface area contributed by atoms with E-state index < -0.39 is 39.3 Å². The van der Waals surface area contributed by atoms with Gasteiger partial charge in [-0.15, -0.1) is 0 Å². The topological polar surface area (TPSA) is 133 Å².